The third-order valence-corrected chi connectivity index (χ3v) is 4.03. The molecule has 0 saturated carbocycles. The molecular formula is C14H19Cl2NO2. The summed E-state index contributed by atoms with van der Waals surface area (Å²) in [4.78, 5) is 2.40. The van der Waals surface area contributed by atoms with Crippen molar-refractivity contribution in [2.45, 2.75) is 12.5 Å². The van der Waals surface area contributed by atoms with Gasteiger partial charge in [-0.25, -0.2) is 0 Å². The molecule has 5 heteroatoms. The van der Waals surface area contributed by atoms with Crippen LogP contribution >= 0.6 is 23.2 Å². The maximum atomic E-state index is 6.05. The number of nitrogens with zero attached hydrogens (tertiary/aromatic N) is 1. The third kappa shape index (κ3) is 4.33. The fourth-order valence-corrected chi connectivity index (χ4v) is 2.56. The van der Waals surface area contributed by atoms with Crippen molar-refractivity contribution < 1.29 is 9.47 Å². The zero-order valence-electron chi connectivity index (χ0n) is 11.1. The van der Waals surface area contributed by atoms with Crippen LogP contribution in [0.5, 0.6) is 0 Å². The van der Waals surface area contributed by atoms with Crippen LogP contribution in [0, 0.1) is 0 Å². The van der Waals surface area contributed by atoms with Gasteiger partial charge in [0.15, 0.2) is 0 Å². The summed E-state index contributed by atoms with van der Waals surface area (Å²) in [6, 6.07) is 5.71. The van der Waals surface area contributed by atoms with Crippen molar-refractivity contribution in [1.82, 2.24) is 4.90 Å². The van der Waals surface area contributed by atoms with Crippen LogP contribution in [0.15, 0.2) is 18.2 Å². The summed E-state index contributed by atoms with van der Waals surface area (Å²) in [6.45, 7) is 4.45. The van der Waals surface area contributed by atoms with Crippen molar-refractivity contribution in [2.75, 3.05) is 40.0 Å². The summed E-state index contributed by atoms with van der Waals surface area (Å²) < 4.78 is 10.9. The Balaban J connectivity index is 1.94. The Morgan fingerprint density at radius 2 is 2.21 bits per heavy atom. The minimum Gasteiger partial charge on any atom is -0.385 e. The van der Waals surface area contributed by atoms with Crippen LogP contribution in [-0.4, -0.2) is 44.9 Å². The van der Waals surface area contributed by atoms with E-state index in [9.17, 15) is 0 Å². The van der Waals surface area contributed by atoms with Gasteiger partial charge in [-0.15, -0.1) is 0 Å². The highest BCUT2D eigenvalue weighted by atomic mass is 35.5. The van der Waals surface area contributed by atoms with Crippen LogP contribution in [0.1, 0.15) is 18.1 Å². The number of ether oxygens (including phenoxy) is 2. The number of benzene rings is 1. The van der Waals surface area contributed by atoms with E-state index in [-0.39, 0.29) is 6.10 Å². The van der Waals surface area contributed by atoms with Crippen LogP contribution in [0.25, 0.3) is 0 Å². The molecule has 106 valence electrons. The first-order valence-electron chi connectivity index (χ1n) is 6.48. The van der Waals surface area contributed by atoms with Gasteiger partial charge in [0.05, 0.1) is 22.8 Å². The number of hydrogen-bond donors (Lipinski definition) is 0. The lowest BCUT2D eigenvalue weighted by Gasteiger charge is -2.33. The van der Waals surface area contributed by atoms with Gasteiger partial charge in [-0.2, -0.15) is 0 Å². The Bertz CT molecular complexity index is 414. The maximum absolute atomic E-state index is 6.05. The first kappa shape index (κ1) is 15.1. The lowest BCUT2D eigenvalue weighted by molar-refractivity contribution is -0.0316. The number of morpholine rings is 1. The van der Waals surface area contributed by atoms with Crippen LogP contribution in [0.3, 0.4) is 0 Å². The third-order valence-electron chi connectivity index (χ3n) is 3.29. The molecule has 19 heavy (non-hydrogen) atoms. The van der Waals surface area contributed by atoms with Crippen molar-refractivity contribution in [3.8, 4) is 0 Å². The van der Waals surface area contributed by atoms with Gasteiger partial charge in [0.2, 0.25) is 0 Å². The highest BCUT2D eigenvalue weighted by Crippen LogP contribution is 2.28. The van der Waals surface area contributed by atoms with Gasteiger partial charge < -0.3 is 9.47 Å². The van der Waals surface area contributed by atoms with E-state index in [1.165, 1.54) is 0 Å². The second-order valence-corrected chi connectivity index (χ2v) is 5.49. The summed E-state index contributed by atoms with van der Waals surface area (Å²) in [6.07, 6.45) is 1.12. The second-order valence-electron chi connectivity index (χ2n) is 4.68. The average Bonchev–Trinajstić information content (AvgIpc) is 2.43. The Kier molecular flexibility index (Phi) is 5.92. The molecule has 0 amide bonds. The van der Waals surface area contributed by atoms with Gasteiger partial charge in [0.25, 0.3) is 0 Å². The quantitative estimate of drug-likeness (QED) is 0.778. The lowest BCUT2D eigenvalue weighted by Crippen LogP contribution is -2.39. The van der Waals surface area contributed by atoms with Gasteiger partial charge >= 0.3 is 0 Å². The first-order valence-corrected chi connectivity index (χ1v) is 7.24. The molecule has 1 fully saturated rings. The number of halogens is 2. The van der Waals surface area contributed by atoms with Gasteiger partial charge in [-0.1, -0.05) is 29.3 Å². The molecule has 0 N–H and O–H groups in total. The summed E-state index contributed by atoms with van der Waals surface area (Å²) in [7, 11) is 1.73. The Morgan fingerprint density at radius 1 is 1.37 bits per heavy atom. The average molecular weight is 304 g/mol. The summed E-state index contributed by atoms with van der Waals surface area (Å²) in [5.41, 5.74) is 1.09. The minimum absolute atomic E-state index is 0.0751. The highest BCUT2D eigenvalue weighted by Gasteiger charge is 2.22. The normalized spacial score (nSPS) is 20.7. The van der Waals surface area contributed by atoms with Crippen molar-refractivity contribution in [3.63, 3.8) is 0 Å². The van der Waals surface area contributed by atoms with E-state index in [1.54, 1.807) is 7.11 Å². The van der Waals surface area contributed by atoms with Crippen LogP contribution < -0.4 is 0 Å². The molecule has 0 spiro atoms. The van der Waals surface area contributed by atoms with E-state index < -0.39 is 0 Å². The van der Waals surface area contributed by atoms with Crippen molar-refractivity contribution in [3.05, 3.63) is 33.8 Å². The predicted molar refractivity (Wildman–Crippen MR) is 78.1 cm³/mol. The van der Waals surface area contributed by atoms with Crippen molar-refractivity contribution in [1.29, 1.82) is 0 Å². The Labute approximate surface area is 124 Å². The fraction of sp³-hybridized carbons (Fsp3) is 0.571. The Hall–Kier alpha value is -0.320. The molecule has 0 aromatic heterocycles. The number of hydrogen-bond acceptors (Lipinski definition) is 3. The molecule has 1 saturated heterocycles. The lowest BCUT2D eigenvalue weighted by atomic mass is 10.1. The van der Waals surface area contributed by atoms with Crippen LogP contribution in [-0.2, 0) is 9.47 Å². The minimum atomic E-state index is 0.0751. The van der Waals surface area contributed by atoms with Gasteiger partial charge in [-0.05, 0) is 24.1 Å². The first-order chi connectivity index (χ1) is 9.20. The van der Waals surface area contributed by atoms with E-state index in [2.05, 4.69) is 4.90 Å². The number of methoxy groups -OCH3 is 1. The molecular weight excluding hydrogens is 285 g/mol. The standard InChI is InChI=1S/C14H19Cl2NO2/c1-18-7-2-5-17-6-8-19-14(10-17)11-3-4-12(15)13(16)9-11/h3-4,9,14H,2,5-8,10H2,1H3. The summed E-state index contributed by atoms with van der Waals surface area (Å²) in [5, 5.41) is 1.16. The predicted octanol–water partition coefficient (Wildman–Crippen LogP) is 3.40. The van der Waals surface area contributed by atoms with Crippen LogP contribution in [0.4, 0.5) is 0 Å². The SMILES string of the molecule is COCCCN1CCOC(c2ccc(Cl)c(Cl)c2)C1. The molecule has 1 aromatic carbocycles. The zero-order valence-corrected chi connectivity index (χ0v) is 12.6. The second kappa shape index (κ2) is 7.46. The fourth-order valence-electron chi connectivity index (χ4n) is 2.25. The summed E-state index contributed by atoms with van der Waals surface area (Å²) >= 11 is 12.0. The van der Waals surface area contributed by atoms with Crippen LogP contribution in [0.2, 0.25) is 10.0 Å². The molecule has 1 atom stereocenters. The molecule has 3 nitrogen and oxygen atoms in total. The smallest absolute Gasteiger partial charge is 0.0952 e. The van der Waals surface area contributed by atoms with Gasteiger partial charge in [-0.3, -0.25) is 4.90 Å². The van der Waals surface area contributed by atoms with Gasteiger partial charge in [0.1, 0.15) is 0 Å². The molecule has 2 rings (SSSR count). The van der Waals surface area contributed by atoms with E-state index in [4.69, 9.17) is 32.7 Å². The highest BCUT2D eigenvalue weighted by molar-refractivity contribution is 6.42. The van der Waals surface area contributed by atoms with Gasteiger partial charge in [0, 0.05) is 33.4 Å². The summed E-state index contributed by atoms with van der Waals surface area (Å²) in [5.74, 6) is 0. The molecule has 1 heterocycles. The van der Waals surface area contributed by atoms with E-state index in [0.29, 0.717) is 10.0 Å². The molecule has 0 radical (unpaired) electrons. The van der Waals surface area contributed by atoms with E-state index in [0.717, 1.165) is 44.8 Å². The van der Waals surface area contributed by atoms with Crippen molar-refractivity contribution in [2.24, 2.45) is 0 Å². The molecule has 0 bridgehead atoms. The Morgan fingerprint density at radius 3 is 2.95 bits per heavy atom. The maximum Gasteiger partial charge on any atom is 0.0952 e. The molecule has 1 aliphatic heterocycles. The largest absolute Gasteiger partial charge is 0.385 e. The molecule has 1 unspecified atom stereocenters. The van der Waals surface area contributed by atoms with E-state index in [1.807, 2.05) is 18.2 Å². The van der Waals surface area contributed by atoms with E-state index >= 15 is 0 Å². The molecule has 1 aliphatic rings. The molecule has 1 aromatic rings. The number of rotatable bonds is 5. The topological polar surface area (TPSA) is 21.7 Å². The van der Waals surface area contributed by atoms with Crippen molar-refractivity contribution >= 4 is 23.2 Å². The molecule has 0 aliphatic carbocycles. The zero-order chi connectivity index (χ0) is 13.7. The monoisotopic (exact) mass is 303 g/mol.